The number of carbonyl (C=O) groups is 4. The number of hydrogen-bond donors (Lipinski definition) is 1. The van der Waals surface area contributed by atoms with Gasteiger partial charge in [-0.05, 0) is 50.2 Å². The Bertz CT molecular complexity index is 893. The van der Waals surface area contributed by atoms with E-state index in [9.17, 15) is 19.2 Å². The van der Waals surface area contributed by atoms with Crippen molar-refractivity contribution in [3.63, 3.8) is 0 Å². The average molecular weight is 513 g/mol. The van der Waals surface area contributed by atoms with Gasteiger partial charge in [-0.15, -0.1) is 0 Å². The minimum Gasteiger partial charge on any atom is -0.441 e. The van der Waals surface area contributed by atoms with Crippen LogP contribution in [0.2, 0.25) is 0 Å². The zero-order valence-electron chi connectivity index (χ0n) is 19.3. The second-order valence-corrected chi connectivity index (χ2v) is 8.90. The van der Waals surface area contributed by atoms with Crippen LogP contribution < -0.4 is 5.32 Å². The summed E-state index contributed by atoms with van der Waals surface area (Å²) in [5, 5.41) is 2.04. The summed E-state index contributed by atoms with van der Waals surface area (Å²) in [4.78, 5) is 46.2. The van der Waals surface area contributed by atoms with Crippen molar-refractivity contribution in [2.75, 3.05) is 0 Å². The number of alkyl halides is 1. The summed E-state index contributed by atoms with van der Waals surface area (Å²) in [6, 6.07) is 10.2. The molecule has 0 aliphatic heterocycles. The van der Waals surface area contributed by atoms with Gasteiger partial charge in [0.25, 0.3) is 0 Å². The normalized spacial score (nSPS) is 18.3. The third-order valence-corrected chi connectivity index (χ3v) is 6.18. The fourth-order valence-electron chi connectivity index (χ4n) is 3.78. The molecule has 4 amide bonds. The van der Waals surface area contributed by atoms with Gasteiger partial charge in [0.1, 0.15) is 6.10 Å². The van der Waals surface area contributed by atoms with E-state index in [4.69, 9.17) is 32.9 Å². The summed E-state index contributed by atoms with van der Waals surface area (Å²) in [6.45, 7) is 2.36. The number of nitrogens with one attached hydrogen (secondary N) is 1. The van der Waals surface area contributed by atoms with Crippen LogP contribution in [0.5, 0.6) is 0 Å². The minimum absolute atomic E-state index is 0.302. The van der Waals surface area contributed by atoms with Gasteiger partial charge in [-0.2, -0.15) is 4.42 Å². The Morgan fingerprint density at radius 1 is 1.06 bits per heavy atom. The smallest absolute Gasteiger partial charge is 0.432 e. The molecular weight excluding hydrogens is 483 g/mol. The van der Waals surface area contributed by atoms with E-state index in [0.29, 0.717) is 23.7 Å². The van der Waals surface area contributed by atoms with E-state index in [1.807, 2.05) is 23.5 Å². The molecule has 0 saturated heterocycles. The number of imide groups is 2. The van der Waals surface area contributed by atoms with Crippen molar-refractivity contribution in [1.82, 2.24) is 9.74 Å². The topological polar surface area (TPSA) is 102 Å². The Kier molecular flexibility index (Phi) is 11.4. The number of nitrogens with zero attached hydrogens (tertiary/aromatic N) is 1. The Hall–Kier alpha value is -2.58. The summed E-state index contributed by atoms with van der Waals surface area (Å²) < 4.78 is 10.9. The van der Waals surface area contributed by atoms with Gasteiger partial charge in [0.2, 0.25) is 11.8 Å². The van der Waals surface area contributed by atoms with Crippen LogP contribution in [0.4, 0.5) is 9.59 Å². The number of unbranched alkanes of at least 4 members (excludes halogenated alkanes) is 2. The fraction of sp³-hybridized carbons (Fsp3) is 0.500. The molecule has 0 aromatic heterocycles. The Morgan fingerprint density at radius 3 is 2.38 bits per heavy atom. The van der Waals surface area contributed by atoms with Crippen molar-refractivity contribution in [2.24, 2.45) is 5.92 Å². The number of benzene rings is 1. The first kappa shape index (κ1) is 27.7. The number of halogens is 2. The molecule has 186 valence electrons. The van der Waals surface area contributed by atoms with Gasteiger partial charge in [-0.25, -0.2) is 9.59 Å². The molecule has 0 spiro atoms. The molecule has 1 aromatic rings. The lowest BCUT2D eigenvalue weighted by molar-refractivity contribution is -0.123. The minimum atomic E-state index is -0.992. The lowest BCUT2D eigenvalue weighted by Crippen LogP contribution is -2.36. The Balaban J connectivity index is 2.00. The van der Waals surface area contributed by atoms with Crippen LogP contribution in [0, 0.1) is 5.92 Å². The van der Waals surface area contributed by atoms with Crippen molar-refractivity contribution >= 4 is 47.4 Å². The first-order chi connectivity index (χ1) is 16.2. The number of aryl methyl sites for hydroxylation is 1. The van der Waals surface area contributed by atoms with E-state index in [1.54, 1.807) is 6.08 Å². The average Bonchev–Trinajstić information content (AvgIpc) is 2.78. The maximum atomic E-state index is 12.0. The number of alkyl carbamates (subject to hydrolysis) is 1. The Labute approximate surface area is 209 Å². The van der Waals surface area contributed by atoms with Crippen molar-refractivity contribution in [1.29, 1.82) is 0 Å². The van der Waals surface area contributed by atoms with E-state index in [1.165, 1.54) is 12.5 Å². The molecule has 34 heavy (non-hydrogen) atoms. The van der Waals surface area contributed by atoms with Gasteiger partial charge in [0, 0.05) is 31.5 Å². The van der Waals surface area contributed by atoms with E-state index < -0.39 is 35.7 Å². The predicted molar refractivity (Wildman–Crippen MR) is 128 cm³/mol. The molecule has 1 aliphatic carbocycles. The molecule has 1 aliphatic rings. The highest BCUT2D eigenvalue weighted by Gasteiger charge is 2.33. The standard InChI is InChI=1S/C24H30Cl2N2O6/c1-16(29)27-23(31)34-22(25)21-14-13-20(33-24(32)28(26)17(2)30)15-19(21)12-8-4-7-11-18-9-5-3-6-10-18/h3,5-6,9-10,15,20-22H,4,7-8,11-14H2,1-2H3,(H,27,29,31)/t20-,21-,22?/m0/s1. The van der Waals surface area contributed by atoms with E-state index >= 15 is 0 Å². The molecule has 10 heteroatoms. The Morgan fingerprint density at radius 2 is 1.74 bits per heavy atom. The highest BCUT2D eigenvalue weighted by Crippen LogP contribution is 2.35. The molecule has 8 nitrogen and oxygen atoms in total. The molecule has 0 heterocycles. The van der Waals surface area contributed by atoms with Gasteiger partial charge >= 0.3 is 12.2 Å². The zero-order valence-corrected chi connectivity index (χ0v) is 20.8. The maximum absolute atomic E-state index is 12.0. The third kappa shape index (κ3) is 9.35. The lowest BCUT2D eigenvalue weighted by atomic mass is 9.84. The molecule has 1 N–H and O–H groups in total. The van der Waals surface area contributed by atoms with Crippen LogP contribution in [-0.4, -0.2) is 40.1 Å². The molecular formula is C24H30Cl2N2O6. The summed E-state index contributed by atoms with van der Waals surface area (Å²) in [6.07, 6.45) is 4.75. The van der Waals surface area contributed by atoms with Gasteiger partial charge < -0.3 is 9.47 Å². The van der Waals surface area contributed by atoms with Gasteiger partial charge in [0.05, 0.1) is 0 Å². The molecule has 0 saturated carbocycles. The first-order valence-corrected chi connectivity index (χ1v) is 12.0. The van der Waals surface area contributed by atoms with Crippen LogP contribution in [-0.2, 0) is 25.5 Å². The maximum Gasteiger partial charge on any atom is 0.432 e. The molecule has 1 aromatic carbocycles. The molecule has 2 rings (SSSR count). The molecule has 0 bridgehead atoms. The number of rotatable bonds is 9. The van der Waals surface area contributed by atoms with Gasteiger partial charge in [-0.1, -0.05) is 53.9 Å². The highest BCUT2D eigenvalue weighted by atomic mass is 35.5. The number of amides is 4. The summed E-state index contributed by atoms with van der Waals surface area (Å²) in [5.41, 5.74) is 1.18. The van der Waals surface area contributed by atoms with E-state index in [2.05, 4.69) is 12.1 Å². The first-order valence-electron chi connectivity index (χ1n) is 11.2. The van der Waals surface area contributed by atoms with Crippen molar-refractivity contribution < 1.29 is 28.7 Å². The van der Waals surface area contributed by atoms with Crippen LogP contribution >= 0.6 is 23.4 Å². The number of hydrogen-bond acceptors (Lipinski definition) is 6. The molecule has 1 unspecified atom stereocenters. The van der Waals surface area contributed by atoms with Crippen LogP contribution in [0.25, 0.3) is 0 Å². The van der Waals surface area contributed by atoms with E-state index in [0.717, 1.165) is 38.2 Å². The molecule has 3 atom stereocenters. The van der Waals surface area contributed by atoms with Crippen molar-refractivity contribution in [2.45, 2.75) is 70.5 Å². The summed E-state index contributed by atoms with van der Waals surface area (Å²) in [5.74, 6) is -1.49. The summed E-state index contributed by atoms with van der Waals surface area (Å²) >= 11 is 12.0. The van der Waals surface area contributed by atoms with Crippen molar-refractivity contribution in [3.05, 3.63) is 47.5 Å². The van der Waals surface area contributed by atoms with Crippen molar-refractivity contribution in [3.8, 4) is 0 Å². The summed E-state index contributed by atoms with van der Waals surface area (Å²) in [7, 11) is 0. The largest absolute Gasteiger partial charge is 0.441 e. The zero-order chi connectivity index (χ0) is 25.1. The van der Waals surface area contributed by atoms with Crippen LogP contribution in [0.15, 0.2) is 42.0 Å². The second kappa shape index (κ2) is 14.0. The predicted octanol–water partition coefficient (Wildman–Crippen LogP) is 5.47. The van der Waals surface area contributed by atoms with Crippen LogP contribution in [0.1, 0.15) is 57.9 Å². The number of ether oxygens (including phenoxy) is 2. The second-order valence-electron chi connectivity index (χ2n) is 8.13. The van der Waals surface area contributed by atoms with Gasteiger partial charge in [-0.3, -0.25) is 14.9 Å². The van der Waals surface area contributed by atoms with Gasteiger partial charge in [0.15, 0.2) is 5.56 Å². The van der Waals surface area contributed by atoms with Crippen LogP contribution in [0.3, 0.4) is 0 Å². The quantitative estimate of drug-likeness (QED) is 0.203. The highest BCUT2D eigenvalue weighted by molar-refractivity contribution is 6.28. The molecule has 0 fully saturated rings. The SMILES string of the molecule is CC(=O)NC(=O)OC(Cl)[C@H]1CC[C@H](OC(=O)N(Cl)C(C)=O)C=C1CCCCCc1ccccc1. The van der Waals surface area contributed by atoms with E-state index in [-0.39, 0.29) is 5.92 Å². The third-order valence-electron chi connectivity index (χ3n) is 5.42. The lowest BCUT2D eigenvalue weighted by Gasteiger charge is -2.31. The molecule has 0 radical (unpaired) electrons. The number of carbonyl (C=O) groups excluding carboxylic acids is 4. The monoisotopic (exact) mass is 512 g/mol. The fourth-order valence-corrected chi connectivity index (χ4v) is 4.19.